The minimum absolute atomic E-state index is 0.238. The topological polar surface area (TPSA) is 18.5 Å². The zero-order valence-electron chi connectivity index (χ0n) is 12.3. The lowest BCUT2D eigenvalue weighted by Crippen LogP contribution is -2.29. The molecule has 1 saturated carbocycles. The summed E-state index contributed by atoms with van der Waals surface area (Å²) in [5, 5.41) is 1.38. The maximum atomic E-state index is 6.35. The van der Waals surface area contributed by atoms with Gasteiger partial charge in [-0.15, -0.1) is 0 Å². The molecule has 1 aromatic rings. The minimum Gasteiger partial charge on any atom is -0.493 e. The first-order valence-electron chi connectivity index (χ1n) is 7.14. The van der Waals surface area contributed by atoms with E-state index in [1.165, 1.54) is 6.42 Å². The summed E-state index contributed by atoms with van der Waals surface area (Å²) in [5.74, 6) is 2.88. The van der Waals surface area contributed by atoms with Crippen LogP contribution < -0.4 is 9.47 Å². The Labute approximate surface area is 134 Å². The van der Waals surface area contributed by atoms with Crippen LogP contribution >= 0.6 is 27.5 Å². The second-order valence-electron chi connectivity index (χ2n) is 5.75. The van der Waals surface area contributed by atoms with Crippen LogP contribution in [0.3, 0.4) is 0 Å². The first-order chi connectivity index (χ1) is 9.55. The van der Waals surface area contributed by atoms with Gasteiger partial charge in [-0.3, -0.25) is 0 Å². The first-order valence-corrected chi connectivity index (χ1v) is 8.64. The summed E-state index contributed by atoms with van der Waals surface area (Å²) in [4.78, 5) is 0. The number of hydrogen-bond donors (Lipinski definition) is 0. The Morgan fingerprint density at radius 3 is 2.60 bits per heavy atom. The maximum absolute atomic E-state index is 6.35. The van der Waals surface area contributed by atoms with E-state index in [-0.39, 0.29) is 6.10 Å². The average Bonchev–Trinajstić information content (AvgIpc) is 2.44. The summed E-state index contributed by atoms with van der Waals surface area (Å²) in [5.41, 5.74) is 1.09. The Balaban J connectivity index is 2.16. The predicted octanol–water partition coefficient (Wildman–Crippen LogP) is 5.45. The highest BCUT2D eigenvalue weighted by Crippen LogP contribution is 2.40. The van der Waals surface area contributed by atoms with E-state index in [0.29, 0.717) is 16.7 Å². The molecule has 20 heavy (non-hydrogen) atoms. The van der Waals surface area contributed by atoms with Crippen LogP contribution in [0.15, 0.2) is 12.1 Å². The van der Waals surface area contributed by atoms with Crippen molar-refractivity contribution >= 4 is 27.5 Å². The van der Waals surface area contributed by atoms with Gasteiger partial charge in [0.1, 0.15) is 0 Å². The van der Waals surface area contributed by atoms with E-state index in [4.69, 9.17) is 21.1 Å². The fourth-order valence-corrected chi connectivity index (χ4v) is 3.34. The van der Waals surface area contributed by atoms with Crippen LogP contribution in [0, 0.1) is 11.8 Å². The van der Waals surface area contributed by atoms with Gasteiger partial charge in [0.2, 0.25) is 0 Å². The fraction of sp³-hybridized carbons (Fsp3) is 0.625. The zero-order chi connectivity index (χ0) is 14.7. The van der Waals surface area contributed by atoms with E-state index in [9.17, 15) is 0 Å². The van der Waals surface area contributed by atoms with Crippen molar-refractivity contribution in [3.05, 3.63) is 22.7 Å². The van der Waals surface area contributed by atoms with Gasteiger partial charge in [0.25, 0.3) is 0 Å². The summed E-state index contributed by atoms with van der Waals surface area (Å²) in [6.07, 6.45) is 3.62. The largest absolute Gasteiger partial charge is 0.493 e. The van der Waals surface area contributed by atoms with E-state index in [0.717, 1.165) is 35.4 Å². The van der Waals surface area contributed by atoms with Gasteiger partial charge in [0, 0.05) is 5.33 Å². The molecule has 0 aliphatic heterocycles. The van der Waals surface area contributed by atoms with Crippen molar-refractivity contribution < 1.29 is 9.47 Å². The van der Waals surface area contributed by atoms with Gasteiger partial charge in [0.15, 0.2) is 11.5 Å². The fourth-order valence-electron chi connectivity index (χ4n) is 2.74. The molecule has 112 valence electrons. The number of ether oxygens (including phenoxy) is 2. The maximum Gasteiger partial charge on any atom is 0.180 e. The molecule has 0 spiro atoms. The van der Waals surface area contributed by atoms with Crippen molar-refractivity contribution in [3.63, 3.8) is 0 Å². The van der Waals surface area contributed by atoms with E-state index >= 15 is 0 Å². The van der Waals surface area contributed by atoms with Crippen LogP contribution in [0.5, 0.6) is 11.5 Å². The summed E-state index contributed by atoms with van der Waals surface area (Å²) in [7, 11) is 1.65. The van der Waals surface area contributed by atoms with Crippen LogP contribution in [0.1, 0.15) is 38.7 Å². The van der Waals surface area contributed by atoms with Crippen molar-refractivity contribution in [2.24, 2.45) is 11.8 Å². The van der Waals surface area contributed by atoms with Crippen molar-refractivity contribution in [2.75, 3.05) is 7.11 Å². The van der Waals surface area contributed by atoms with E-state index in [1.807, 2.05) is 12.1 Å². The van der Waals surface area contributed by atoms with Gasteiger partial charge < -0.3 is 9.47 Å². The Morgan fingerprint density at radius 1 is 1.25 bits per heavy atom. The SMILES string of the molecule is COc1cc(CBr)cc(Cl)c1OC1CCC(C)C(C)C1. The number of halogens is 2. The van der Waals surface area contributed by atoms with E-state index in [2.05, 4.69) is 29.8 Å². The van der Waals surface area contributed by atoms with Gasteiger partial charge in [-0.05, 0) is 48.8 Å². The molecule has 3 unspecified atom stereocenters. The number of alkyl halides is 1. The van der Waals surface area contributed by atoms with Crippen LogP contribution in [0.25, 0.3) is 0 Å². The van der Waals surface area contributed by atoms with Gasteiger partial charge in [0.05, 0.1) is 18.2 Å². The summed E-state index contributed by atoms with van der Waals surface area (Å²) >= 11 is 9.79. The van der Waals surface area contributed by atoms with Crippen molar-refractivity contribution in [1.82, 2.24) is 0 Å². The highest BCUT2D eigenvalue weighted by Gasteiger charge is 2.27. The van der Waals surface area contributed by atoms with Crippen LogP contribution in [0.2, 0.25) is 5.02 Å². The molecule has 0 heterocycles. The average molecular weight is 362 g/mol. The normalized spacial score (nSPS) is 26.4. The van der Waals surface area contributed by atoms with Crippen LogP contribution in [0.4, 0.5) is 0 Å². The molecule has 1 aromatic carbocycles. The standard InChI is InChI=1S/C16H22BrClO2/c1-10-4-5-13(6-11(10)2)20-16-14(18)7-12(9-17)8-15(16)19-3/h7-8,10-11,13H,4-6,9H2,1-3H3. The van der Waals surface area contributed by atoms with E-state index < -0.39 is 0 Å². The Kier molecular flexibility index (Phi) is 5.62. The van der Waals surface area contributed by atoms with Gasteiger partial charge in [-0.1, -0.05) is 41.4 Å². The molecular weight excluding hydrogens is 340 g/mol. The molecule has 0 aromatic heterocycles. The highest BCUT2D eigenvalue weighted by molar-refractivity contribution is 9.08. The smallest absolute Gasteiger partial charge is 0.180 e. The van der Waals surface area contributed by atoms with Crippen molar-refractivity contribution in [2.45, 2.75) is 44.5 Å². The molecule has 3 atom stereocenters. The van der Waals surface area contributed by atoms with Gasteiger partial charge in [-0.2, -0.15) is 0 Å². The summed E-state index contributed by atoms with van der Waals surface area (Å²) in [6.45, 7) is 4.62. The third-order valence-electron chi connectivity index (χ3n) is 4.28. The predicted molar refractivity (Wildman–Crippen MR) is 87.2 cm³/mol. The molecule has 4 heteroatoms. The summed E-state index contributed by atoms with van der Waals surface area (Å²) in [6, 6.07) is 3.91. The van der Waals surface area contributed by atoms with Crippen LogP contribution in [-0.2, 0) is 5.33 Å². The van der Waals surface area contributed by atoms with E-state index in [1.54, 1.807) is 7.11 Å². The monoisotopic (exact) mass is 360 g/mol. The number of hydrogen-bond acceptors (Lipinski definition) is 2. The molecular formula is C16H22BrClO2. The Bertz CT molecular complexity index is 464. The van der Waals surface area contributed by atoms with Crippen LogP contribution in [-0.4, -0.2) is 13.2 Å². The second-order valence-corrected chi connectivity index (χ2v) is 6.72. The molecule has 2 rings (SSSR count). The first kappa shape index (κ1) is 16.0. The Hall–Kier alpha value is -0.410. The molecule has 0 N–H and O–H groups in total. The minimum atomic E-state index is 0.238. The molecule has 1 aliphatic carbocycles. The lowest BCUT2D eigenvalue weighted by molar-refractivity contribution is 0.0978. The lowest BCUT2D eigenvalue weighted by Gasteiger charge is -2.32. The third kappa shape index (κ3) is 3.62. The third-order valence-corrected chi connectivity index (χ3v) is 5.21. The number of benzene rings is 1. The molecule has 0 amide bonds. The van der Waals surface area contributed by atoms with Gasteiger partial charge in [-0.25, -0.2) is 0 Å². The molecule has 0 bridgehead atoms. The molecule has 2 nitrogen and oxygen atoms in total. The molecule has 1 fully saturated rings. The summed E-state index contributed by atoms with van der Waals surface area (Å²) < 4.78 is 11.6. The van der Waals surface area contributed by atoms with Gasteiger partial charge >= 0.3 is 0 Å². The molecule has 1 aliphatic rings. The zero-order valence-corrected chi connectivity index (χ0v) is 14.6. The van der Waals surface area contributed by atoms with Crippen molar-refractivity contribution in [1.29, 1.82) is 0 Å². The number of rotatable bonds is 4. The quantitative estimate of drug-likeness (QED) is 0.664. The molecule has 0 radical (unpaired) electrons. The molecule has 0 saturated heterocycles. The number of methoxy groups -OCH3 is 1. The highest BCUT2D eigenvalue weighted by atomic mass is 79.9. The lowest BCUT2D eigenvalue weighted by atomic mass is 9.80. The van der Waals surface area contributed by atoms with Crippen molar-refractivity contribution in [3.8, 4) is 11.5 Å². The Morgan fingerprint density at radius 2 is 2.00 bits per heavy atom. The second kappa shape index (κ2) is 7.04.